The molecule has 0 saturated carbocycles. The molecular formula is C15H25N3O2S. The van der Waals surface area contributed by atoms with E-state index in [1.165, 1.54) is 4.88 Å². The number of likely N-dealkylation sites (tertiary alicyclic amines) is 1. The number of hydrogen-bond donors (Lipinski definition) is 1. The number of nitrogens with zero attached hydrogens (tertiary/aromatic N) is 2. The lowest BCUT2D eigenvalue weighted by Gasteiger charge is -2.28. The second-order valence-electron chi connectivity index (χ2n) is 6.47. The normalized spacial score (nSPS) is 19.0. The molecule has 0 bridgehead atoms. The van der Waals surface area contributed by atoms with Gasteiger partial charge in [0.25, 0.3) is 0 Å². The monoisotopic (exact) mass is 311 g/mol. The van der Waals surface area contributed by atoms with E-state index in [-0.39, 0.29) is 12.1 Å². The Morgan fingerprint density at radius 3 is 2.95 bits per heavy atom. The van der Waals surface area contributed by atoms with E-state index >= 15 is 0 Å². The predicted octanol–water partition coefficient (Wildman–Crippen LogP) is 2.94. The molecule has 2 heterocycles. The molecule has 1 N–H and O–H groups in total. The average molecular weight is 311 g/mol. The minimum Gasteiger partial charge on any atom is -0.444 e. The van der Waals surface area contributed by atoms with Gasteiger partial charge in [-0.2, -0.15) is 0 Å². The number of amides is 1. The number of aryl methyl sites for hydroxylation is 1. The number of nitrogens with one attached hydrogen (secondary N) is 1. The van der Waals surface area contributed by atoms with Crippen molar-refractivity contribution in [1.29, 1.82) is 0 Å². The van der Waals surface area contributed by atoms with E-state index in [9.17, 15) is 4.79 Å². The highest BCUT2D eigenvalue weighted by molar-refractivity contribution is 7.11. The second kappa shape index (κ2) is 6.75. The standard InChI is InChI=1S/C15H25N3O2S/c1-11-8-17-13(21-11)10-16-9-12-6-5-7-18(12)14(19)20-15(2,3)4/h8,12,16H,5-7,9-10H2,1-4H3. The first kappa shape index (κ1) is 16.2. The minimum atomic E-state index is -0.434. The molecule has 0 aliphatic carbocycles. The first-order valence-corrected chi connectivity index (χ1v) is 8.28. The summed E-state index contributed by atoms with van der Waals surface area (Å²) >= 11 is 1.71. The molecule has 1 amide bonds. The summed E-state index contributed by atoms with van der Waals surface area (Å²) in [6, 6.07) is 0.223. The van der Waals surface area contributed by atoms with Crippen LogP contribution in [-0.4, -0.2) is 40.7 Å². The van der Waals surface area contributed by atoms with E-state index in [2.05, 4.69) is 17.2 Å². The number of aromatic nitrogens is 1. The van der Waals surface area contributed by atoms with E-state index in [1.54, 1.807) is 11.3 Å². The lowest BCUT2D eigenvalue weighted by molar-refractivity contribution is 0.0226. The van der Waals surface area contributed by atoms with Crippen LogP contribution >= 0.6 is 11.3 Å². The molecule has 1 aliphatic heterocycles. The van der Waals surface area contributed by atoms with Gasteiger partial charge in [-0.05, 0) is 40.5 Å². The van der Waals surface area contributed by atoms with E-state index in [4.69, 9.17) is 4.74 Å². The Morgan fingerprint density at radius 1 is 1.57 bits per heavy atom. The summed E-state index contributed by atoms with van der Waals surface area (Å²) in [5, 5.41) is 4.50. The summed E-state index contributed by atoms with van der Waals surface area (Å²) in [6.45, 7) is 10.1. The fourth-order valence-electron chi connectivity index (χ4n) is 2.44. The highest BCUT2D eigenvalue weighted by atomic mass is 32.1. The Balaban J connectivity index is 1.80. The number of carbonyl (C=O) groups excluding carboxylic acids is 1. The molecule has 0 aromatic carbocycles. The third-order valence-corrected chi connectivity index (χ3v) is 4.24. The highest BCUT2D eigenvalue weighted by Gasteiger charge is 2.31. The number of carbonyl (C=O) groups is 1. The zero-order valence-corrected chi connectivity index (χ0v) is 14.1. The minimum absolute atomic E-state index is 0.197. The molecule has 21 heavy (non-hydrogen) atoms. The van der Waals surface area contributed by atoms with Crippen LogP contribution in [0.2, 0.25) is 0 Å². The van der Waals surface area contributed by atoms with Crippen LogP contribution in [-0.2, 0) is 11.3 Å². The first-order chi connectivity index (χ1) is 9.85. The molecule has 1 fully saturated rings. The van der Waals surface area contributed by atoms with Crippen LogP contribution in [0.15, 0.2) is 6.20 Å². The van der Waals surface area contributed by atoms with Crippen LogP contribution in [0.3, 0.4) is 0 Å². The third kappa shape index (κ3) is 4.97. The zero-order valence-electron chi connectivity index (χ0n) is 13.3. The lowest BCUT2D eigenvalue weighted by Crippen LogP contribution is -2.44. The Kier molecular flexibility index (Phi) is 5.22. The third-order valence-electron chi connectivity index (χ3n) is 3.33. The van der Waals surface area contributed by atoms with Crippen LogP contribution in [0.1, 0.15) is 43.5 Å². The van der Waals surface area contributed by atoms with Gasteiger partial charge >= 0.3 is 6.09 Å². The maximum absolute atomic E-state index is 12.2. The van der Waals surface area contributed by atoms with Gasteiger partial charge in [-0.25, -0.2) is 9.78 Å². The molecule has 1 aliphatic rings. The van der Waals surface area contributed by atoms with Crippen molar-refractivity contribution < 1.29 is 9.53 Å². The molecule has 1 aromatic rings. The van der Waals surface area contributed by atoms with Gasteiger partial charge in [0.2, 0.25) is 0 Å². The van der Waals surface area contributed by atoms with E-state index in [1.807, 2.05) is 31.9 Å². The number of rotatable bonds is 4. The van der Waals surface area contributed by atoms with Gasteiger partial charge in [0.05, 0.1) is 0 Å². The van der Waals surface area contributed by atoms with Gasteiger partial charge in [0, 0.05) is 36.8 Å². The van der Waals surface area contributed by atoms with Gasteiger partial charge in [-0.3, -0.25) is 0 Å². The molecule has 6 heteroatoms. The molecule has 1 unspecified atom stereocenters. The maximum Gasteiger partial charge on any atom is 0.410 e. The fourth-order valence-corrected chi connectivity index (χ4v) is 3.19. The van der Waals surface area contributed by atoms with Crippen molar-refractivity contribution in [3.8, 4) is 0 Å². The summed E-state index contributed by atoms with van der Waals surface area (Å²) in [5.74, 6) is 0. The number of thiazole rings is 1. The topological polar surface area (TPSA) is 54.5 Å². The fraction of sp³-hybridized carbons (Fsp3) is 0.733. The quantitative estimate of drug-likeness (QED) is 0.929. The summed E-state index contributed by atoms with van der Waals surface area (Å²) in [7, 11) is 0. The number of ether oxygens (including phenoxy) is 1. The van der Waals surface area contributed by atoms with Gasteiger partial charge in [-0.1, -0.05) is 0 Å². The van der Waals surface area contributed by atoms with Crippen LogP contribution in [0, 0.1) is 6.92 Å². The van der Waals surface area contributed by atoms with Crippen LogP contribution in [0.5, 0.6) is 0 Å². The van der Waals surface area contributed by atoms with Crippen LogP contribution < -0.4 is 5.32 Å². The molecule has 2 rings (SSSR count). The summed E-state index contributed by atoms with van der Waals surface area (Å²) in [4.78, 5) is 19.6. The summed E-state index contributed by atoms with van der Waals surface area (Å²) in [5.41, 5.74) is -0.434. The number of hydrogen-bond acceptors (Lipinski definition) is 5. The van der Waals surface area contributed by atoms with Crippen molar-refractivity contribution in [3.05, 3.63) is 16.1 Å². The molecule has 0 radical (unpaired) electrons. The molecular weight excluding hydrogens is 286 g/mol. The molecule has 1 saturated heterocycles. The SMILES string of the molecule is Cc1cnc(CNCC2CCCN2C(=O)OC(C)(C)C)s1. The van der Waals surface area contributed by atoms with Crippen molar-refractivity contribution in [2.75, 3.05) is 13.1 Å². The largest absolute Gasteiger partial charge is 0.444 e. The average Bonchev–Trinajstić information content (AvgIpc) is 2.96. The predicted molar refractivity (Wildman–Crippen MR) is 84.5 cm³/mol. The van der Waals surface area contributed by atoms with E-state index in [0.29, 0.717) is 0 Å². The maximum atomic E-state index is 12.2. The summed E-state index contributed by atoms with van der Waals surface area (Å²) in [6.07, 6.45) is 3.77. The Bertz CT molecular complexity index is 482. The Labute approximate surface area is 130 Å². The molecule has 1 aromatic heterocycles. The first-order valence-electron chi connectivity index (χ1n) is 7.47. The van der Waals surface area contributed by atoms with E-state index < -0.39 is 5.60 Å². The van der Waals surface area contributed by atoms with Crippen molar-refractivity contribution in [2.24, 2.45) is 0 Å². The molecule has 5 nitrogen and oxygen atoms in total. The van der Waals surface area contributed by atoms with Gasteiger partial charge in [0.1, 0.15) is 10.6 Å². The van der Waals surface area contributed by atoms with Crippen LogP contribution in [0.4, 0.5) is 4.79 Å². The molecule has 118 valence electrons. The van der Waals surface area contributed by atoms with Gasteiger partial charge in [0.15, 0.2) is 0 Å². The van der Waals surface area contributed by atoms with Crippen molar-refractivity contribution >= 4 is 17.4 Å². The molecule has 1 atom stereocenters. The van der Waals surface area contributed by atoms with Crippen molar-refractivity contribution in [3.63, 3.8) is 0 Å². The van der Waals surface area contributed by atoms with Crippen LogP contribution in [0.25, 0.3) is 0 Å². The highest BCUT2D eigenvalue weighted by Crippen LogP contribution is 2.20. The molecule has 0 spiro atoms. The van der Waals surface area contributed by atoms with Crippen molar-refractivity contribution in [1.82, 2.24) is 15.2 Å². The van der Waals surface area contributed by atoms with Gasteiger partial charge < -0.3 is 15.0 Å². The Hall–Kier alpha value is -1.14. The van der Waals surface area contributed by atoms with Crippen molar-refractivity contribution in [2.45, 2.75) is 58.7 Å². The summed E-state index contributed by atoms with van der Waals surface area (Å²) < 4.78 is 5.47. The van der Waals surface area contributed by atoms with E-state index in [0.717, 1.165) is 37.5 Å². The smallest absolute Gasteiger partial charge is 0.410 e. The second-order valence-corrected chi connectivity index (χ2v) is 7.78. The zero-order chi connectivity index (χ0) is 15.5. The lowest BCUT2D eigenvalue weighted by atomic mass is 10.2. The van der Waals surface area contributed by atoms with Gasteiger partial charge in [-0.15, -0.1) is 11.3 Å². The Morgan fingerprint density at radius 2 is 2.33 bits per heavy atom.